The SMILES string of the molecule is O=C(Cn1cnc2c(cnn2-c2ccccc2Cl)c1=O)Nc1cccc(C(F)(F)F)c1. The van der Waals surface area contributed by atoms with E-state index in [2.05, 4.69) is 15.4 Å². The molecular weight excluding hydrogens is 435 g/mol. The number of carbonyl (C=O) groups is 1. The van der Waals surface area contributed by atoms with Gasteiger partial charge in [-0.3, -0.25) is 14.2 Å². The van der Waals surface area contributed by atoms with E-state index in [-0.39, 0.29) is 16.7 Å². The normalized spacial score (nSPS) is 11.6. The molecule has 0 saturated carbocycles. The van der Waals surface area contributed by atoms with Gasteiger partial charge in [0.2, 0.25) is 5.91 Å². The van der Waals surface area contributed by atoms with Crippen molar-refractivity contribution >= 4 is 34.2 Å². The molecule has 0 bridgehead atoms. The molecule has 0 saturated heterocycles. The monoisotopic (exact) mass is 447 g/mol. The third kappa shape index (κ3) is 4.15. The van der Waals surface area contributed by atoms with Crippen LogP contribution in [-0.4, -0.2) is 25.2 Å². The Bertz CT molecular complexity index is 1350. The standard InChI is InChI=1S/C20H13ClF3N5O2/c21-15-6-1-2-7-16(15)29-18-14(9-26-29)19(31)28(11-25-18)10-17(30)27-13-5-3-4-12(8-13)20(22,23)24/h1-9,11H,10H2,(H,27,30). The van der Waals surface area contributed by atoms with Gasteiger partial charge in [-0.1, -0.05) is 29.8 Å². The van der Waals surface area contributed by atoms with Crippen LogP contribution in [-0.2, 0) is 17.5 Å². The Morgan fingerprint density at radius 1 is 1.13 bits per heavy atom. The fraction of sp³-hybridized carbons (Fsp3) is 0.100. The molecule has 0 atom stereocenters. The first kappa shape index (κ1) is 20.6. The number of rotatable bonds is 4. The lowest BCUT2D eigenvalue weighted by Crippen LogP contribution is -2.28. The predicted octanol–water partition coefficient (Wildman–Crippen LogP) is 3.89. The van der Waals surface area contributed by atoms with Crippen LogP contribution in [0.5, 0.6) is 0 Å². The van der Waals surface area contributed by atoms with E-state index in [1.54, 1.807) is 24.3 Å². The first-order valence-corrected chi connectivity index (χ1v) is 9.27. The second-order valence-electron chi connectivity index (χ2n) is 6.55. The van der Waals surface area contributed by atoms with Gasteiger partial charge in [0.1, 0.15) is 18.3 Å². The highest BCUT2D eigenvalue weighted by Gasteiger charge is 2.30. The number of nitrogens with zero attached hydrogens (tertiary/aromatic N) is 4. The molecule has 1 amide bonds. The van der Waals surface area contributed by atoms with E-state index in [0.717, 1.165) is 16.7 Å². The number of hydrogen-bond acceptors (Lipinski definition) is 4. The van der Waals surface area contributed by atoms with Gasteiger partial charge >= 0.3 is 6.18 Å². The number of alkyl halides is 3. The van der Waals surface area contributed by atoms with E-state index in [9.17, 15) is 22.8 Å². The largest absolute Gasteiger partial charge is 0.416 e. The summed E-state index contributed by atoms with van der Waals surface area (Å²) in [6.45, 7) is -0.435. The Hall–Kier alpha value is -3.66. The summed E-state index contributed by atoms with van der Waals surface area (Å²) in [5, 5.41) is 7.09. The van der Waals surface area contributed by atoms with Crippen molar-refractivity contribution < 1.29 is 18.0 Å². The molecule has 0 radical (unpaired) electrons. The molecule has 31 heavy (non-hydrogen) atoms. The van der Waals surface area contributed by atoms with Crippen LogP contribution in [0.15, 0.2) is 65.8 Å². The molecule has 0 unspecified atom stereocenters. The smallest absolute Gasteiger partial charge is 0.325 e. The lowest BCUT2D eigenvalue weighted by molar-refractivity contribution is -0.137. The summed E-state index contributed by atoms with van der Waals surface area (Å²) >= 11 is 6.18. The molecule has 1 N–H and O–H groups in total. The molecule has 158 valence electrons. The minimum absolute atomic E-state index is 0.0338. The van der Waals surface area contributed by atoms with E-state index < -0.39 is 29.8 Å². The van der Waals surface area contributed by atoms with Crippen molar-refractivity contribution in [2.75, 3.05) is 5.32 Å². The maximum Gasteiger partial charge on any atom is 0.416 e. The van der Waals surface area contributed by atoms with Crippen molar-refractivity contribution in [1.82, 2.24) is 19.3 Å². The van der Waals surface area contributed by atoms with Crippen molar-refractivity contribution in [3.8, 4) is 5.69 Å². The number of halogens is 4. The van der Waals surface area contributed by atoms with Crippen molar-refractivity contribution in [3.63, 3.8) is 0 Å². The maximum absolute atomic E-state index is 12.8. The molecule has 4 aromatic rings. The van der Waals surface area contributed by atoms with E-state index in [1.165, 1.54) is 29.3 Å². The van der Waals surface area contributed by atoms with Crippen LogP contribution in [0.1, 0.15) is 5.56 Å². The molecule has 0 spiro atoms. The number of para-hydroxylation sites is 1. The van der Waals surface area contributed by atoms with E-state index >= 15 is 0 Å². The van der Waals surface area contributed by atoms with Gasteiger partial charge in [0, 0.05) is 5.69 Å². The summed E-state index contributed by atoms with van der Waals surface area (Å²) in [5.41, 5.74) is -0.660. The van der Waals surface area contributed by atoms with Gasteiger partial charge in [0.15, 0.2) is 5.65 Å². The Labute approximate surface area is 177 Å². The summed E-state index contributed by atoms with van der Waals surface area (Å²) in [7, 11) is 0. The van der Waals surface area contributed by atoms with Crippen LogP contribution >= 0.6 is 11.6 Å². The summed E-state index contributed by atoms with van der Waals surface area (Å²) in [5.74, 6) is -0.680. The molecular formula is C20H13ClF3N5O2. The number of amides is 1. The molecule has 0 aliphatic rings. The average molecular weight is 448 g/mol. The zero-order valence-corrected chi connectivity index (χ0v) is 16.4. The molecule has 0 fully saturated rings. The van der Waals surface area contributed by atoms with Crippen LogP contribution in [0, 0.1) is 0 Å². The Kier molecular flexibility index (Phi) is 5.24. The number of fused-ring (bicyclic) bond motifs is 1. The zero-order chi connectivity index (χ0) is 22.2. The first-order valence-electron chi connectivity index (χ1n) is 8.89. The summed E-state index contributed by atoms with van der Waals surface area (Å²) in [6, 6.07) is 11.1. The molecule has 0 aliphatic heterocycles. The number of nitrogens with one attached hydrogen (secondary N) is 1. The molecule has 11 heteroatoms. The fourth-order valence-corrected chi connectivity index (χ4v) is 3.21. The highest BCUT2D eigenvalue weighted by Crippen LogP contribution is 2.30. The van der Waals surface area contributed by atoms with Crippen LogP contribution in [0.3, 0.4) is 0 Å². The summed E-state index contributed by atoms with van der Waals surface area (Å²) < 4.78 is 40.9. The number of aromatic nitrogens is 4. The van der Waals surface area contributed by atoms with Crippen LogP contribution in [0.2, 0.25) is 5.02 Å². The topological polar surface area (TPSA) is 81.8 Å². The Morgan fingerprint density at radius 3 is 2.65 bits per heavy atom. The minimum Gasteiger partial charge on any atom is -0.325 e. The predicted molar refractivity (Wildman–Crippen MR) is 108 cm³/mol. The lowest BCUT2D eigenvalue weighted by Gasteiger charge is -2.10. The van der Waals surface area contributed by atoms with Gasteiger partial charge in [-0.25, -0.2) is 9.67 Å². The van der Waals surface area contributed by atoms with Gasteiger partial charge in [-0.15, -0.1) is 0 Å². The van der Waals surface area contributed by atoms with E-state index in [1.807, 2.05) is 0 Å². The number of anilines is 1. The number of hydrogen-bond donors (Lipinski definition) is 1. The third-order valence-electron chi connectivity index (χ3n) is 4.42. The summed E-state index contributed by atoms with van der Waals surface area (Å²) in [6.07, 6.45) is -2.05. The van der Waals surface area contributed by atoms with Crippen LogP contribution in [0.25, 0.3) is 16.7 Å². The molecule has 2 aromatic heterocycles. The average Bonchev–Trinajstić information content (AvgIpc) is 3.15. The van der Waals surface area contributed by atoms with Crippen LogP contribution < -0.4 is 10.9 Å². The molecule has 7 nitrogen and oxygen atoms in total. The number of benzene rings is 2. The number of carbonyl (C=O) groups excluding carboxylic acids is 1. The van der Waals surface area contributed by atoms with Crippen LogP contribution in [0.4, 0.5) is 18.9 Å². The quantitative estimate of drug-likeness (QED) is 0.514. The van der Waals surface area contributed by atoms with Crippen molar-refractivity contribution in [2.45, 2.75) is 12.7 Å². The van der Waals surface area contributed by atoms with E-state index in [4.69, 9.17) is 11.6 Å². The summed E-state index contributed by atoms with van der Waals surface area (Å²) in [4.78, 5) is 29.2. The van der Waals surface area contributed by atoms with Crippen molar-refractivity contribution in [3.05, 3.63) is 82.0 Å². The fourth-order valence-electron chi connectivity index (χ4n) is 2.99. The zero-order valence-electron chi connectivity index (χ0n) is 15.6. The van der Waals surface area contributed by atoms with E-state index in [0.29, 0.717) is 10.7 Å². The molecule has 2 heterocycles. The van der Waals surface area contributed by atoms with Crippen molar-refractivity contribution in [2.24, 2.45) is 0 Å². The van der Waals surface area contributed by atoms with Gasteiger partial charge in [0.05, 0.1) is 22.5 Å². The van der Waals surface area contributed by atoms with Gasteiger partial charge < -0.3 is 5.32 Å². The first-order chi connectivity index (χ1) is 14.7. The lowest BCUT2D eigenvalue weighted by atomic mass is 10.2. The van der Waals surface area contributed by atoms with Gasteiger partial charge in [-0.05, 0) is 30.3 Å². The second-order valence-corrected chi connectivity index (χ2v) is 6.96. The highest BCUT2D eigenvalue weighted by molar-refractivity contribution is 6.32. The second kappa shape index (κ2) is 7.88. The molecule has 0 aliphatic carbocycles. The highest BCUT2D eigenvalue weighted by atomic mass is 35.5. The Morgan fingerprint density at radius 2 is 1.90 bits per heavy atom. The third-order valence-corrected chi connectivity index (χ3v) is 4.74. The molecule has 2 aromatic carbocycles. The minimum atomic E-state index is -4.53. The van der Waals surface area contributed by atoms with Crippen molar-refractivity contribution in [1.29, 1.82) is 0 Å². The van der Waals surface area contributed by atoms with Gasteiger partial charge in [-0.2, -0.15) is 18.3 Å². The molecule has 4 rings (SSSR count). The Balaban J connectivity index is 1.59. The maximum atomic E-state index is 12.8. The van der Waals surface area contributed by atoms with Gasteiger partial charge in [0.25, 0.3) is 5.56 Å².